The molecule has 118 valence electrons. The summed E-state index contributed by atoms with van der Waals surface area (Å²) < 4.78 is 23.2. The number of aldehydes is 1. The third-order valence-corrected chi connectivity index (χ3v) is 3.09. The molecule has 23 heavy (non-hydrogen) atoms. The van der Waals surface area contributed by atoms with Crippen molar-refractivity contribution in [2.75, 3.05) is 13.7 Å². The van der Waals surface area contributed by atoms with Crippen molar-refractivity contribution in [1.29, 1.82) is 0 Å². The predicted molar refractivity (Wildman–Crippen MR) is 83.7 cm³/mol. The molecule has 0 aliphatic rings. The lowest BCUT2D eigenvalue weighted by molar-refractivity contribution is -0.136. The SMILES string of the molecule is COC(=O)/C(=C/c1ccc(F)cc1)COc1ccccc1C=O. The molecule has 0 spiro atoms. The number of methoxy groups -OCH3 is 1. The molecule has 4 nitrogen and oxygen atoms in total. The van der Waals surface area contributed by atoms with E-state index in [4.69, 9.17) is 9.47 Å². The van der Waals surface area contributed by atoms with Gasteiger partial charge in [0.15, 0.2) is 6.29 Å². The average molecular weight is 314 g/mol. The fourth-order valence-corrected chi connectivity index (χ4v) is 1.92. The second kappa shape index (κ2) is 7.89. The molecule has 0 saturated carbocycles. The molecule has 0 saturated heterocycles. The van der Waals surface area contributed by atoms with Crippen LogP contribution in [0.15, 0.2) is 54.1 Å². The van der Waals surface area contributed by atoms with Gasteiger partial charge in [0.1, 0.15) is 18.2 Å². The highest BCUT2D eigenvalue weighted by atomic mass is 19.1. The lowest BCUT2D eigenvalue weighted by Gasteiger charge is -2.10. The summed E-state index contributed by atoms with van der Waals surface area (Å²) in [7, 11) is 1.26. The lowest BCUT2D eigenvalue weighted by atomic mass is 10.1. The summed E-state index contributed by atoms with van der Waals surface area (Å²) in [5, 5.41) is 0. The molecular formula is C18H15FO4. The zero-order valence-electron chi connectivity index (χ0n) is 12.5. The largest absolute Gasteiger partial charge is 0.488 e. The molecular weight excluding hydrogens is 299 g/mol. The first-order valence-corrected chi connectivity index (χ1v) is 6.85. The Bertz CT molecular complexity index is 720. The molecule has 0 aliphatic carbocycles. The number of para-hydroxylation sites is 1. The van der Waals surface area contributed by atoms with Crippen LogP contribution in [0.25, 0.3) is 6.08 Å². The van der Waals surface area contributed by atoms with Gasteiger partial charge in [0.05, 0.1) is 18.2 Å². The van der Waals surface area contributed by atoms with Crippen LogP contribution in [0.2, 0.25) is 0 Å². The Morgan fingerprint density at radius 1 is 1.13 bits per heavy atom. The van der Waals surface area contributed by atoms with Crippen molar-refractivity contribution in [1.82, 2.24) is 0 Å². The second-order valence-corrected chi connectivity index (χ2v) is 4.66. The molecule has 2 rings (SSSR count). The minimum absolute atomic E-state index is 0.0745. The lowest BCUT2D eigenvalue weighted by Crippen LogP contribution is -2.13. The first-order chi connectivity index (χ1) is 11.1. The quantitative estimate of drug-likeness (QED) is 0.466. The van der Waals surface area contributed by atoms with E-state index in [2.05, 4.69) is 0 Å². The number of carbonyl (C=O) groups is 2. The second-order valence-electron chi connectivity index (χ2n) is 4.66. The summed E-state index contributed by atoms with van der Waals surface area (Å²) in [4.78, 5) is 22.8. The molecule has 0 N–H and O–H groups in total. The number of hydrogen-bond donors (Lipinski definition) is 0. The van der Waals surface area contributed by atoms with Crippen LogP contribution in [-0.4, -0.2) is 26.0 Å². The standard InChI is InChI=1S/C18H15FO4/c1-22-18(21)15(10-13-6-8-16(19)9-7-13)12-23-17-5-3-2-4-14(17)11-20/h2-11H,12H2,1H3/b15-10+. The van der Waals surface area contributed by atoms with E-state index >= 15 is 0 Å². The third-order valence-electron chi connectivity index (χ3n) is 3.09. The molecule has 0 radical (unpaired) electrons. The highest BCUT2D eigenvalue weighted by molar-refractivity contribution is 5.94. The topological polar surface area (TPSA) is 52.6 Å². The van der Waals surface area contributed by atoms with Crippen LogP contribution in [-0.2, 0) is 9.53 Å². The van der Waals surface area contributed by atoms with Crippen LogP contribution in [0.1, 0.15) is 15.9 Å². The minimum atomic E-state index is -0.557. The van der Waals surface area contributed by atoms with Gasteiger partial charge in [0.2, 0.25) is 0 Å². The first-order valence-electron chi connectivity index (χ1n) is 6.85. The van der Waals surface area contributed by atoms with Crippen molar-refractivity contribution in [3.63, 3.8) is 0 Å². The first kappa shape index (κ1) is 16.4. The van der Waals surface area contributed by atoms with E-state index in [1.165, 1.54) is 31.4 Å². The van der Waals surface area contributed by atoms with Gasteiger partial charge in [-0.25, -0.2) is 9.18 Å². The van der Waals surface area contributed by atoms with Gasteiger partial charge in [-0.1, -0.05) is 24.3 Å². The van der Waals surface area contributed by atoms with Crippen LogP contribution in [0.3, 0.4) is 0 Å². The van der Waals surface area contributed by atoms with Gasteiger partial charge < -0.3 is 9.47 Å². The molecule has 0 atom stereocenters. The Hall–Kier alpha value is -2.95. The Labute approximate surface area is 133 Å². The number of esters is 1. The molecule has 0 bridgehead atoms. The molecule has 5 heteroatoms. The van der Waals surface area contributed by atoms with E-state index in [0.717, 1.165) is 0 Å². The fraction of sp³-hybridized carbons (Fsp3) is 0.111. The Morgan fingerprint density at radius 3 is 2.48 bits per heavy atom. The monoisotopic (exact) mass is 314 g/mol. The van der Waals surface area contributed by atoms with Gasteiger partial charge in [-0.3, -0.25) is 4.79 Å². The Kier molecular flexibility index (Phi) is 5.63. The Morgan fingerprint density at radius 2 is 1.83 bits per heavy atom. The summed E-state index contributed by atoms with van der Waals surface area (Å²) in [5.41, 5.74) is 1.28. The number of hydrogen-bond acceptors (Lipinski definition) is 4. The van der Waals surface area contributed by atoms with Crippen LogP contribution >= 0.6 is 0 Å². The molecule has 0 heterocycles. The van der Waals surface area contributed by atoms with Gasteiger partial charge in [-0.2, -0.15) is 0 Å². The molecule has 2 aromatic carbocycles. The molecule has 0 fully saturated rings. The maximum Gasteiger partial charge on any atom is 0.337 e. The van der Waals surface area contributed by atoms with Gasteiger partial charge in [-0.05, 0) is 35.9 Å². The van der Waals surface area contributed by atoms with Crippen molar-refractivity contribution in [3.05, 3.63) is 71.0 Å². The maximum atomic E-state index is 12.9. The number of rotatable bonds is 6. The maximum absolute atomic E-state index is 12.9. The number of benzene rings is 2. The zero-order chi connectivity index (χ0) is 16.7. The fourth-order valence-electron chi connectivity index (χ4n) is 1.92. The van der Waals surface area contributed by atoms with Crippen LogP contribution in [0.5, 0.6) is 5.75 Å². The van der Waals surface area contributed by atoms with E-state index in [9.17, 15) is 14.0 Å². The molecule has 2 aromatic rings. The number of carbonyl (C=O) groups excluding carboxylic acids is 2. The Balaban J connectivity index is 2.21. The summed E-state index contributed by atoms with van der Waals surface area (Å²) >= 11 is 0. The van der Waals surface area contributed by atoms with Gasteiger partial charge in [0, 0.05) is 0 Å². The van der Waals surface area contributed by atoms with Crippen molar-refractivity contribution in [3.8, 4) is 5.75 Å². The summed E-state index contributed by atoms with van der Waals surface area (Å²) in [5.74, 6) is -0.549. The van der Waals surface area contributed by atoms with Gasteiger partial charge in [-0.15, -0.1) is 0 Å². The van der Waals surface area contributed by atoms with Crippen molar-refractivity contribution in [2.45, 2.75) is 0 Å². The van der Waals surface area contributed by atoms with Gasteiger partial charge >= 0.3 is 5.97 Å². The van der Waals surface area contributed by atoms with E-state index < -0.39 is 5.97 Å². The van der Waals surface area contributed by atoms with E-state index in [-0.39, 0.29) is 18.0 Å². The highest BCUT2D eigenvalue weighted by Crippen LogP contribution is 2.18. The predicted octanol–water partition coefficient (Wildman–Crippen LogP) is 3.27. The highest BCUT2D eigenvalue weighted by Gasteiger charge is 2.12. The van der Waals surface area contributed by atoms with Crippen LogP contribution in [0, 0.1) is 5.82 Å². The van der Waals surface area contributed by atoms with E-state index in [1.54, 1.807) is 30.3 Å². The van der Waals surface area contributed by atoms with Crippen LogP contribution < -0.4 is 4.74 Å². The summed E-state index contributed by atoms with van der Waals surface area (Å²) in [6.45, 7) is -0.0745. The van der Waals surface area contributed by atoms with Crippen LogP contribution in [0.4, 0.5) is 4.39 Å². The van der Waals surface area contributed by atoms with Crippen molar-refractivity contribution in [2.24, 2.45) is 0 Å². The normalized spacial score (nSPS) is 11.0. The van der Waals surface area contributed by atoms with E-state index in [1.807, 2.05) is 0 Å². The van der Waals surface area contributed by atoms with Crippen molar-refractivity contribution < 1.29 is 23.5 Å². The number of halogens is 1. The number of ether oxygens (including phenoxy) is 2. The molecule has 0 amide bonds. The molecule has 0 unspecified atom stereocenters. The molecule has 0 aliphatic heterocycles. The minimum Gasteiger partial charge on any atom is -0.488 e. The summed E-state index contributed by atoms with van der Waals surface area (Å²) in [6.07, 6.45) is 2.23. The van der Waals surface area contributed by atoms with Crippen molar-refractivity contribution >= 4 is 18.3 Å². The molecule has 0 aromatic heterocycles. The summed E-state index contributed by atoms with van der Waals surface area (Å²) in [6, 6.07) is 12.4. The van der Waals surface area contributed by atoms with E-state index in [0.29, 0.717) is 23.2 Å². The zero-order valence-corrected chi connectivity index (χ0v) is 12.5. The van der Waals surface area contributed by atoms with Gasteiger partial charge in [0.25, 0.3) is 0 Å². The average Bonchev–Trinajstić information content (AvgIpc) is 2.59. The smallest absolute Gasteiger partial charge is 0.337 e. The third kappa shape index (κ3) is 4.51.